The van der Waals surface area contributed by atoms with Crippen LogP contribution in [0, 0.1) is 0 Å². The van der Waals surface area contributed by atoms with Crippen LogP contribution in [-0.4, -0.2) is 29.0 Å². The van der Waals surface area contributed by atoms with Crippen LogP contribution in [0.3, 0.4) is 0 Å². The van der Waals surface area contributed by atoms with Crippen molar-refractivity contribution in [3.05, 3.63) is 52.1 Å². The van der Waals surface area contributed by atoms with E-state index in [4.69, 9.17) is 0 Å². The third-order valence-electron chi connectivity index (χ3n) is 4.15. The molecule has 3 N–H and O–H groups in total. The maximum absolute atomic E-state index is 4.66. The zero-order valence-electron chi connectivity index (χ0n) is 16.1. The molecule has 1 aromatic carbocycles. The number of benzene rings is 1. The molecule has 0 aliphatic heterocycles. The third-order valence-corrected chi connectivity index (χ3v) is 5.00. The standard InChI is InChI=1S/C20H27N5S.HI/c1-4-21-20(23-12-19-25-18(13-26-19)14(2)3)22-10-9-16-11-15-7-5-6-8-17(15)24-16;/h5-8,11,13-14,24H,4,9-10,12H2,1-3H3,(H2,21,22,23);1H. The predicted octanol–water partition coefficient (Wildman–Crippen LogP) is 4.66. The van der Waals surface area contributed by atoms with Crippen LogP contribution < -0.4 is 10.6 Å². The Hall–Kier alpha value is -1.61. The van der Waals surface area contributed by atoms with Gasteiger partial charge in [0.05, 0.1) is 12.2 Å². The summed E-state index contributed by atoms with van der Waals surface area (Å²) in [6.45, 7) is 8.69. The molecular formula is C20H28IN5S. The number of para-hydroxylation sites is 1. The minimum atomic E-state index is 0. The van der Waals surface area contributed by atoms with E-state index in [0.717, 1.165) is 36.2 Å². The smallest absolute Gasteiger partial charge is 0.191 e. The summed E-state index contributed by atoms with van der Waals surface area (Å²) >= 11 is 1.68. The topological polar surface area (TPSA) is 65.1 Å². The van der Waals surface area contributed by atoms with Crippen LogP contribution in [0.15, 0.2) is 40.7 Å². The van der Waals surface area contributed by atoms with Crippen molar-refractivity contribution in [1.29, 1.82) is 0 Å². The first-order valence-corrected chi connectivity index (χ1v) is 10.1. The molecule has 7 heteroatoms. The van der Waals surface area contributed by atoms with Crippen LogP contribution in [0.4, 0.5) is 0 Å². The molecule has 0 unspecified atom stereocenters. The highest BCUT2D eigenvalue weighted by atomic mass is 127. The summed E-state index contributed by atoms with van der Waals surface area (Å²) < 4.78 is 0. The van der Waals surface area contributed by atoms with Gasteiger partial charge in [0.1, 0.15) is 5.01 Å². The molecule has 2 aromatic heterocycles. The van der Waals surface area contributed by atoms with Gasteiger partial charge in [-0.05, 0) is 30.4 Å². The number of thiazole rings is 1. The zero-order valence-corrected chi connectivity index (χ0v) is 19.2. The van der Waals surface area contributed by atoms with Gasteiger partial charge in [-0.2, -0.15) is 0 Å². The summed E-state index contributed by atoms with van der Waals surface area (Å²) in [7, 11) is 0. The third kappa shape index (κ3) is 6.21. The molecular weight excluding hydrogens is 469 g/mol. The van der Waals surface area contributed by atoms with E-state index in [-0.39, 0.29) is 24.0 Å². The lowest BCUT2D eigenvalue weighted by Gasteiger charge is -2.10. The molecule has 5 nitrogen and oxygen atoms in total. The lowest BCUT2D eigenvalue weighted by atomic mass is 10.2. The van der Waals surface area contributed by atoms with Gasteiger partial charge in [0.15, 0.2) is 5.96 Å². The minimum absolute atomic E-state index is 0. The van der Waals surface area contributed by atoms with E-state index in [0.29, 0.717) is 12.5 Å². The van der Waals surface area contributed by atoms with Crippen molar-refractivity contribution in [2.75, 3.05) is 13.1 Å². The Morgan fingerprint density at radius 1 is 1.26 bits per heavy atom. The van der Waals surface area contributed by atoms with Crippen LogP contribution >= 0.6 is 35.3 Å². The Labute approximate surface area is 182 Å². The molecule has 0 saturated carbocycles. The fourth-order valence-corrected chi connectivity index (χ4v) is 3.61. The van der Waals surface area contributed by atoms with Gasteiger partial charge < -0.3 is 15.6 Å². The van der Waals surface area contributed by atoms with Gasteiger partial charge in [0.2, 0.25) is 0 Å². The summed E-state index contributed by atoms with van der Waals surface area (Å²) in [6, 6.07) is 10.6. The molecule has 0 aliphatic rings. The SMILES string of the molecule is CCNC(=NCc1nc(C(C)C)cs1)NCCc1cc2ccccc2[nH]1.I. The molecule has 3 aromatic rings. The number of halogens is 1. The van der Waals surface area contributed by atoms with Gasteiger partial charge in [-0.3, -0.25) is 0 Å². The number of aromatic amines is 1. The highest BCUT2D eigenvalue weighted by Crippen LogP contribution is 2.18. The van der Waals surface area contributed by atoms with Crippen molar-refractivity contribution in [3.8, 4) is 0 Å². The molecule has 3 rings (SSSR count). The second-order valence-corrected chi connectivity index (χ2v) is 7.52. The first kappa shape index (κ1) is 21.7. The predicted molar refractivity (Wildman–Crippen MR) is 126 cm³/mol. The van der Waals surface area contributed by atoms with Gasteiger partial charge in [-0.15, -0.1) is 35.3 Å². The molecule has 2 heterocycles. The van der Waals surface area contributed by atoms with Crippen LogP contribution in [0.25, 0.3) is 10.9 Å². The van der Waals surface area contributed by atoms with E-state index in [1.165, 1.54) is 16.6 Å². The Morgan fingerprint density at radius 2 is 2.07 bits per heavy atom. The average molecular weight is 497 g/mol. The molecule has 146 valence electrons. The number of nitrogens with zero attached hydrogens (tertiary/aromatic N) is 2. The Kier molecular flexibility index (Phi) is 8.56. The van der Waals surface area contributed by atoms with Crippen LogP contribution in [0.2, 0.25) is 0 Å². The van der Waals surface area contributed by atoms with E-state index < -0.39 is 0 Å². The lowest BCUT2D eigenvalue weighted by Crippen LogP contribution is -2.38. The molecule has 0 aliphatic carbocycles. The maximum atomic E-state index is 4.66. The largest absolute Gasteiger partial charge is 0.358 e. The van der Waals surface area contributed by atoms with E-state index in [9.17, 15) is 0 Å². The number of aromatic nitrogens is 2. The van der Waals surface area contributed by atoms with Crippen molar-refractivity contribution >= 4 is 52.2 Å². The van der Waals surface area contributed by atoms with Crippen LogP contribution in [0.1, 0.15) is 43.1 Å². The number of hydrogen-bond acceptors (Lipinski definition) is 3. The second-order valence-electron chi connectivity index (χ2n) is 6.57. The molecule has 0 amide bonds. The summed E-state index contributed by atoms with van der Waals surface area (Å²) in [5.41, 5.74) is 3.57. The van der Waals surface area contributed by atoms with Gasteiger partial charge >= 0.3 is 0 Å². The number of rotatable bonds is 7. The van der Waals surface area contributed by atoms with E-state index in [1.54, 1.807) is 11.3 Å². The van der Waals surface area contributed by atoms with Gasteiger partial charge in [0.25, 0.3) is 0 Å². The number of nitrogens with one attached hydrogen (secondary N) is 3. The van der Waals surface area contributed by atoms with Gasteiger partial charge in [0, 0.05) is 36.1 Å². The first-order chi connectivity index (χ1) is 12.7. The van der Waals surface area contributed by atoms with Gasteiger partial charge in [-0.25, -0.2) is 9.98 Å². The fourth-order valence-electron chi connectivity index (χ4n) is 2.74. The molecule has 0 spiro atoms. The molecule has 0 atom stereocenters. The van der Waals surface area contributed by atoms with Crippen molar-refractivity contribution in [1.82, 2.24) is 20.6 Å². The average Bonchev–Trinajstić information content (AvgIpc) is 3.26. The quantitative estimate of drug-likeness (QED) is 0.253. The lowest BCUT2D eigenvalue weighted by molar-refractivity contribution is 0.787. The van der Waals surface area contributed by atoms with E-state index in [2.05, 4.69) is 82.1 Å². The minimum Gasteiger partial charge on any atom is -0.358 e. The van der Waals surface area contributed by atoms with Crippen molar-refractivity contribution in [2.45, 2.75) is 39.7 Å². The molecule has 0 bridgehead atoms. The van der Waals surface area contributed by atoms with E-state index in [1.807, 2.05) is 0 Å². The summed E-state index contributed by atoms with van der Waals surface area (Å²) in [6.07, 6.45) is 0.924. The maximum Gasteiger partial charge on any atom is 0.191 e. The molecule has 0 saturated heterocycles. The second kappa shape index (κ2) is 10.7. The number of hydrogen-bond donors (Lipinski definition) is 3. The summed E-state index contributed by atoms with van der Waals surface area (Å²) in [4.78, 5) is 12.8. The number of fused-ring (bicyclic) bond motifs is 1. The highest BCUT2D eigenvalue weighted by molar-refractivity contribution is 14.0. The number of aliphatic imine (C=N–C) groups is 1. The normalized spacial score (nSPS) is 11.6. The van der Waals surface area contributed by atoms with Crippen molar-refractivity contribution < 1.29 is 0 Å². The Balaban J connectivity index is 0.00000261. The monoisotopic (exact) mass is 497 g/mol. The summed E-state index contributed by atoms with van der Waals surface area (Å²) in [5.74, 6) is 1.30. The number of guanidine groups is 1. The zero-order chi connectivity index (χ0) is 18.4. The van der Waals surface area contributed by atoms with Crippen molar-refractivity contribution in [2.24, 2.45) is 4.99 Å². The Morgan fingerprint density at radius 3 is 2.78 bits per heavy atom. The first-order valence-electron chi connectivity index (χ1n) is 9.18. The van der Waals surface area contributed by atoms with Crippen molar-refractivity contribution in [3.63, 3.8) is 0 Å². The van der Waals surface area contributed by atoms with Gasteiger partial charge in [-0.1, -0.05) is 32.0 Å². The number of H-pyrrole nitrogens is 1. The van der Waals surface area contributed by atoms with Crippen LogP contribution in [-0.2, 0) is 13.0 Å². The van der Waals surface area contributed by atoms with E-state index >= 15 is 0 Å². The summed E-state index contributed by atoms with van der Waals surface area (Å²) in [5, 5.41) is 11.2. The Bertz CT molecular complexity index is 835. The highest BCUT2D eigenvalue weighted by Gasteiger charge is 2.06. The fraction of sp³-hybridized carbons (Fsp3) is 0.400. The molecule has 0 radical (unpaired) electrons. The van der Waals surface area contributed by atoms with Crippen LogP contribution in [0.5, 0.6) is 0 Å². The molecule has 0 fully saturated rings. The molecule has 27 heavy (non-hydrogen) atoms.